The van der Waals surface area contributed by atoms with E-state index in [1.807, 2.05) is 54.6 Å². The number of tetrazole rings is 1. The van der Waals surface area contributed by atoms with Crippen molar-refractivity contribution in [2.45, 2.75) is 19.5 Å². The zero-order chi connectivity index (χ0) is 19.3. The van der Waals surface area contributed by atoms with Crippen molar-refractivity contribution in [3.8, 4) is 11.4 Å². The van der Waals surface area contributed by atoms with Crippen molar-refractivity contribution in [1.82, 2.24) is 35.7 Å². The summed E-state index contributed by atoms with van der Waals surface area (Å²) in [6.45, 7) is 2.12. The van der Waals surface area contributed by atoms with Gasteiger partial charge in [-0.2, -0.15) is 4.98 Å². The van der Waals surface area contributed by atoms with Gasteiger partial charge in [0, 0.05) is 19.0 Å². The van der Waals surface area contributed by atoms with Crippen molar-refractivity contribution in [2.75, 3.05) is 0 Å². The number of amides is 1. The monoisotopic (exact) mass is 375 g/mol. The van der Waals surface area contributed by atoms with Gasteiger partial charge in [0.1, 0.15) is 6.33 Å². The molecular weight excluding hydrogens is 358 g/mol. The Balaban J connectivity index is 1.46. The lowest BCUT2D eigenvalue weighted by Gasteiger charge is -2.16. The summed E-state index contributed by atoms with van der Waals surface area (Å²) < 4.78 is 6.43. The molecule has 0 aliphatic rings. The smallest absolute Gasteiger partial charge is 0.249 e. The van der Waals surface area contributed by atoms with Crippen molar-refractivity contribution in [2.24, 2.45) is 0 Å². The van der Waals surface area contributed by atoms with Crippen molar-refractivity contribution in [1.29, 1.82) is 0 Å². The van der Waals surface area contributed by atoms with Crippen LogP contribution in [0.25, 0.3) is 11.4 Å². The molecule has 0 aliphatic heterocycles. The SMILES string of the molecule is Cc1nc(-c2ccc(CNC(=O)[C@@H](c3ccccc3)n3cnnn3)cc2)no1. The fraction of sp³-hybridized carbons (Fsp3) is 0.158. The first-order valence-corrected chi connectivity index (χ1v) is 8.65. The van der Waals surface area contributed by atoms with Crippen LogP contribution < -0.4 is 5.32 Å². The Morgan fingerprint density at radius 3 is 2.57 bits per heavy atom. The molecular formula is C19H17N7O2. The number of benzene rings is 2. The van der Waals surface area contributed by atoms with Gasteiger partial charge in [-0.15, -0.1) is 5.10 Å². The molecule has 0 aliphatic carbocycles. The molecule has 4 rings (SSSR count). The molecule has 2 aromatic carbocycles. The summed E-state index contributed by atoms with van der Waals surface area (Å²) in [5.41, 5.74) is 2.60. The minimum Gasteiger partial charge on any atom is -0.350 e. The molecule has 1 amide bonds. The number of carbonyl (C=O) groups is 1. The zero-order valence-electron chi connectivity index (χ0n) is 15.1. The fourth-order valence-electron chi connectivity index (χ4n) is 2.82. The Bertz CT molecular complexity index is 1040. The molecule has 140 valence electrons. The standard InChI is InChI=1S/C19H17N7O2/c1-13-22-18(23-28-13)16-9-7-14(8-10-16)11-20-19(27)17(26-12-21-24-25-26)15-5-3-2-4-6-15/h2-10,12,17H,11H2,1H3,(H,20,27)/t17-/m1/s1. The minimum absolute atomic E-state index is 0.198. The predicted octanol–water partition coefficient (Wildman–Crippen LogP) is 1.94. The average Bonchev–Trinajstić information content (AvgIpc) is 3.40. The molecule has 1 N–H and O–H groups in total. The molecule has 0 bridgehead atoms. The quantitative estimate of drug-likeness (QED) is 0.548. The lowest BCUT2D eigenvalue weighted by Crippen LogP contribution is -2.33. The number of nitrogens with one attached hydrogen (secondary N) is 1. The number of hydrogen-bond donors (Lipinski definition) is 1. The van der Waals surface area contributed by atoms with Crippen LogP contribution in [0.2, 0.25) is 0 Å². The highest BCUT2D eigenvalue weighted by molar-refractivity contribution is 5.83. The first-order chi connectivity index (χ1) is 13.7. The van der Waals surface area contributed by atoms with Gasteiger partial charge in [-0.3, -0.25) is 4.79 Å². The van der Waals surface area contributed by atoms with Crippen LogP contribution in [0.3, 0.4) is 0 Å². The number of rotatable bonds is 6. The average molecular weight is 375 g/mol. The first kappa shape index (κ1) is 17.5. The maximum Gasteiger partial charge on any atom is 0.249 e. The van der Waals surface area contributed by atoms with Gasteiger partial charge < -0.3 is 9.84 Å². The van der Waals surface area contributed by atoms with Crippen molar-refractivity contribution >= 4 is 5.91 Å². The van der Waals surface area contributed by atoms with Crippen LogP contribution in [0.1, 0.15) is 23.1 Å². The first-order valence-electron chi connectivity index (χ1n) is 8.65. The van der Waals surface area contributed by atoms with Gasteiger partial charge in [0.15, 0.2) is 6.04 Å². The summed E-state index contributed by atoms with van der Waals surface area (Å²) >= 11 is 0. The lowest BCUT2D eigenvalue weighted by atomic mass is 10.1. The molecule has 0 unspecified atom stereocenters. The zero-order valence-corrected chi connectivity index (χ0v) is 15.1. The summed E-state index contributed by atoms with van der Waals surface area (Å²) in [4.78, 5) is 17.0. The summed E-state index contributed by atoms with van der Waals surface area (Å²) in [7, 11) is 0. The maximum absolute atomic E-state index is 12.8. The van der Waals surface area contributed by atoms with Crippen LogP contribution in [0.4, 0.5) is 0 Å². The van der Waals surface area contributed by atoms with E-state index in [0.29, 0.717) is 18.3 Å². The van der Waals surface area contributed by atoms with Crippen LogP contribution in [0, 0.1) is 6.92 Å². The Morgan fingerprint density at radius 2 is 1.93 bits per heavy atom. The molecule has 0 saturated heterocycles. The Kier molecular flexibility index (Phi) is 4.87. The number of aromatic nitrogens is 6. The van der Waals surface area contributed by atoms with Crippen LogP contribution in [-0.4, -0.2) is 36.3 Å². The van der Waals surface area contributed by atoms with Gasteiger partial charge >= 0.3 is 0 Å². The number of carbonyl (C=O) groups excluding carboxylic acids is 1. The molecule has 9 heteroatoms. The van der Waals surface area contributed by atoms with E-state index < -0.39 is 6.04 Å². The summed E-state index contributed by atoms with van der Waals surface area (Å²) in [6.07, 6.45) is 1.43. The molecule has 0 fully saturated rings. The largest absolute Gasteiger partial charge is 0.350 e. The third-order valence-corrected chi connectivity index (χ3v) is 4.20. The van der Waals surface area contributed by atoms with Gasteiger partial charge in [0.25, 0.3) is 0 Å². The van der Waals surface area contributed by atoms with Gasteiger partial charge in [0.05, 0.1) is 0 Å². The van der Waals surface area contributed by atoms with Crippen molar-refractivity contribution in [3.05, 3.63) is 77.9 Å². The van der Waals surface area contributed by atoms with E-state index in [-0.39, 0.29) is 5.91 Å². The fourth-order valence-corrected chi connectivity index (χ4v) is 2.82. The Hall–Kier alpha value is -3.88. The molecule has 0 spiro atoms. The highest BCUT2D eigenvalue weighted by Crippen LogP contribution is 2.18. The van der Waals surface area contributed by atoms with E-state index in [1.165, 1.54) is 11.0 Å². The topological polar surface area (TPSA) is 112 Å². The van der Waals surface area contributed by atoms with Crippen LogP contribution in [-0.2, 0) is 11.3 Å². The third-order valence-electron chi connectivity index (χ3n) is 4.20. The van der Waals surface area contributed by atoms with Crippen LogP contribution in [0.5, 0.6) is 0 Å². The third kappa shape index (κ3) is 3.78. The number of aryl methyl sites for hydroxylation is 1. The second-order valence-corrected chi connectivity index (χ2v) is 6.15. The second-order valence-electron chi connectivity index (χ2n) is 6.15. The van der Waals surface area contributed by atoms with Gasteiger partial charge in [-0.1, -0.05) is 59.8 Å². The van der Waals surface area contributed by atoms with E-state index in [2.05, 4.69) is 31.0 Å². The predicted molar refractivity (Wildman–Crippen MR) is 98.7 cm³/mol. The van der Waals surface area contributed by atoms with Gasteiger partial charge in [0.2, 0.25) is 17.6 Å². The van der Waals surface area contributed by atoms with Crippen LogP contribution >= 0.6 is 0 Å². The molecule has 2 heterocycles. The molecule has 4 aromatic rings. The highest BCUT2D eigenvalue weighted by atomic mass is 16.5. The van der Waals surface area contributed by atoms with Crippen molar-refractivity contribution in [3.63, 3.8) is 0 Å². The van der Waals surface area contributed by atoms with Crippen LogP contribution in [0.15, 0.2) is 65.4 Å². The molecule has 0 radical (unpaired) electrons. The van der Waals surface area contributed by atoms with Gasteiger partial charge in [-0.05, 0) is 21.6 Å². The van der Waals surface area contributed by atoms with E-state index in [9.17, 15) is 4.79 Å². The minimum atomic E-state index is -0.641. The molecule has 2 aromatic heterocycles. The molecule has 28 heavy (non-hydrogen) atoms. The Morgan fingerprint density at radius 1 is 1.14 bits per heavy atom. The van der Waals surface area contributed by atoms with Crippen molar-refractivity contribution < 1.29 is 9.32 Å². The summed E-state index contributed by atoms with van der Waals surface area (Å²) in [5, 5.41) is 18.0. The second kappa shape index (κ2) is 7.78. The van der Waals surface area contributed by atoms with Gasteiger partial charge in [-0.25, -0.2) is 4.68 Å². The normalized spacial score (nSPS) is 11.9. The maximum atomic E-state index is 12.8. The molecule has 9 nitrogen and oxygen atoms in total. The Labute approximate surface area is 160 Å². The number of hydrogen-bond acceptors (Lipinski definition) is 7. The van der Waals surface area contributed by atoms with E-state index in [0.717, 1.165) is 16.7 Å². The summed E-state index contributed by atoms with van der Waals surface area (Å²) in [6, 6.07) is 16.3. The molecule has 1 atom stereocenters. The molecule has 0 saturated carbocycles. The summed E-state index contributed by atoms with van der Waals surface area (Å²) in [5.74, 6) is 0.855. The lowest BCUT2D eigenvalue weighted by molar-refractivity contribution is -0.123. The van der Waals surface area contributed by atoms with E-state index in [1.54, 1.807) is 6.92 Å². The number of nitrogens with zero attached hydrogens (tertiary/aromatic N) is 6. The van der Waals surface area contributed by atoms with E-state index >= 15 is 0 Å². The van der Waals surface area contributed by atoms with E-state index in [4.69, 9.17) is 4.52 Å². The highest BCUT2D eigenvalue weighted by Gasteiger charge is 2.23.